The van der Waals surface area contributed by atoms with Gasteiger partial charge in [0.15, 0.2) is 0 Å². The Balaban J connectivity index is -0.0000000332. The van der Waals surface area contributed by atoms with Gasteiger partial charge in [0.25, 0.3) is 0 Å². The van der Waals surface area contributed by atoms with Gasteiger partial charge in [-0.3, -0.25) is 0 Å². The molecule has 0 aromatic rings. The molecule has 6 heteroatoms. The van der Waals surface area contributed by atoms with E-state index in [1.54, 1.807) is 0 Å². The second-order valence-electron chi connectivity index (χ2n) is 2.46. The zero-order chi connectivity index (χ0) is 15.7. The minimum atomic E-state index is 0. The zero-order valence-corrected chi connectivity index (χ0v) is 11.6. The van der Waals surface area contributed by atoms with Crippen LogP contribution in [0.1, 0.15) is 38.5 Å². The van der Waals surface area contributed by atoms with Gasteiger partial charge in [0.1, 0.15) is 0 Å². The average Bonchev–Trinajstić information content (AvgIpc) is 2.49. The van der Waals surface area contributed by atoms with Crippen LogP contribution in [0.4, 0.5) is 0 Å². The molecule has 0 aliphatic heterocycles. The summed E-state index contributed by atoms with van der Waals surface area (Å²) in [4.78, 5) is 0. The topological polar surface area (TPSA) is 99.5 Å². The van der Waals surface area contributed by atoms with E-state index in [4.69, 9.17) is 23.3 Å². The first-order chi connectivity index (χ1) is 9.00. The molecule has 102 valence electrons. The van der Waals surface area contributed by atoms with Crippen LogP contribution in [0.2, 0.25) is 0 Å². The van der Waals surface area contributed by atoms with Crippen LogP contribution in [0.3, 0.4) is 0 Å². The molecule has 0 unspecified atom stereocenters. The first-order valence-electron chi connectivity index (χ1n) is 4.67. The van der Waals surface area contributed by atoms with E-state index in [2.05, 4.69) is 45.4 Å². The molecule has 0 spiro atoms. The Bertz CT molecular complexity index is 193. The summed E-state index contributed by atoms with van der Waals surface area (Å²) in [6, 6.07) is 0. The van der Waals surface area contributed by atoms with E-state index < -0.39 is 0 Å². The monoisotopic (exact) mass is 302 g/mol. The minimum Gasteiger partial charge on any atom is 0 e. The first kappa shape index (κ1) is 36.1. The van der Waals surface area contributed by atoms with E-state index in [9.17, 15) is 0 Å². The van der Waals surface area contributed by atoms with E-state index in [-0.39, 0.29) is 17.4 Å². The molecular formula is C13H14CrO5. The molecule has 1 aliphatic carbocycles. The second-order valence-corrected chi connectivity index (χ2v) is 2.46. The van der Waals surface area contributed by atoms with Crippen molar-refractivity contribution in [2.45, 2.75) is 38.5 Å². The number of allylic oxidation sites excluding steroid dienone is 2. The fourth-order valence-electron chi connectivity index (χ4n) is 1.11. The summed E-state index contributed by atoms with van der Waals surface area (Å²) in [5, 5.41) is 0. The van der Waals surface area contributed by atoms with Gasteiger partial charge in [0, 0.05) is 17.4 Å². The van der Waals surface area contributed by atoms with Crippen molar-refractivity contribution in [1.29, 1.82) is 0 Å². The van der Waals surface area contributed by atoms with Gasteiger partial charge in [-0.25, -0.2) is 0 Å². The van der Waals surface area contributed by atoms with Crippen LogP contribution in [0.5, 0.6) is 0 Å². The van der Waals surface area contributed by atoms with Crippen molar-refractivity contribution < 1.29 is 40.6 Å². The molecule has 1 aliphatic rings. The molecule has 0 aromatic heterocycles. The maximum absolute atomic E-state index is 7.50. The predicted octanol–water partition coefficient (Wildman–Crippen LogP) is 2.71. The Morgan fingerprint density at radius 3 is 0.895 bits per heavy atom. The Morgan fingerprint density at radius 1 is 0.474 bits per heavy atom. The van der Waals surface area contributed by atoms with Crippen LogP contribution in [0.25, 0.3) is 0 Å². The standard InChI is InChI=1S/C8H14.5CO.Cr/c1-2-4-6-8-7-5-3-1;5*1-2;/h1-2H,3-8H2;;;;;;/b2-1-;;;;;;. The van der Waals surface area contributed by atoms with E-state index in [0.717, 1.165) is 0 Å². The van der Waals surface area contributed by atoms with E-state index in [1.807, 2.05) is 0 Å². The number of hydrogen-bond donors (Lipinski definition) is 0. The van der Waals surface area contributed by atoms with Gasteiger partial charge in [0.05, 0.1) is 0 Å². The molecule has 0 aromatic carbocycles. The van der Waals surface area contributed by atoms with Crippen molar-refractivity contribution >= 4 is 0 Å². The summed E-state index contributed by atoms with van der Waals surface area (Å²) in [5.74, 6) is 0. The number of rotatable bonds is 0. The van der Waals surface area contributed by atoms with Crippen LogP contribution in [-0.4, -0.2) is 0 Å². The third kappa shape index (κ3) is 78.3. The summed E-state index contributed by atoms with van der Waals surface area (Å²) in [6.07, 6.45) is 13.0. The minimum absolute atomic E-state index is 0. The van der Waals surface area contributed by atoms with Crippen LogP contribution in [-0.2, 0) is 40.6 Å². The van der Waals surface area contributed by atoms with Gasteiger partial charge in [-0.15, -0.1) is 0 Å². The van der Waals surface area contributed by atoms with E-state index in [1.165, 1.54) is 38.5 Å². The molecule has 0 bridgehead atoms. The molecule has 0 saturated carbocycles. The normalized spacial score (nSPS) is 11.5. The fourth-order valence-corrected chi connectivity index (χ4v) is 1.11. The zero-order valence-electron chi connectivity index (χ0n) is 10.3. The third-order valence-corrected chi connectivity index (χ3v) is 1.66. The average molecular weight is 302 g/mol. The molecule has 5 nitrogen and oxygen atoms in total. The predicted molar refractivity (Wildman–Crippen MR) is 56.5 cm³/mol. The maximum Gasteiger partial charge on any atom is 0 e. The van der Waals surface area contributed by atoms with E-state index in [0.29, 0.717) is 0 Å². The van der Waals surface area contributed by atoms with Gasteiger partial charge in [-0.05, 0) is 25.7 Å². The van der Waals surface area contributed by atoms with Crippen molar-refractivity contribution in [3.8, 4) is 0 Å². The molecule has 0 heterocycles. The Hall–Kier alpha value is -1.03. The van der Waals surface area contributed by atoms with Gasteiger partial charge in [-0.1, -0.05) is 25.0 Å². The summed E-state index contributed by atoms with van der Waals surface area (Å²) >= 11 is 0. The Labute approximate surface area is 125 Å². The van der Waals surface area contributed by atoms with Gasteiger partial charge in [0.2, 0.25) is 0 Å². The van der Waals surface area contributed by atoms with Crippen molar-refractivity contribution in [2.24, 2.45) is 0 Å². The molecule has 0 amide bonds. The van der Waals surface area contributed by atoms with Crippen molar-refractivity contribution in [3.05, 3.63) is 45.4 Å². The molecule has 0 radical (unpaired) electrons. The fraction of sp³-hybridized carbons (Fsp3) is 0.462. The van der Waals surface area contributed by atoms with Gasteiger partial charge >= 0.3 is 56.5 Å². The first-order valence-corrected chi connectivity index (χ1v) is 4.67. The largest absolute Gasteiger partial charge is 0 e. The summed E-state index contributed by atoms with van der Waals surface area (Å²) in [6.45, 7) is 22.5. The summed E-state index contributed by atoms with van der Waals surface area (Å²) in [5.41, 5.74) is 0. The summed E-state index contributed by atoms with van der Waals surface area (Å²) in [7, 11) is 0. The molecular weight excluding hydrogens is 288 g/mol. The Kier molecular flexibility index (Phi) is 169. The molecule has 1 rings (SSSR count). The van der Waals surface area contributed by atoms with Crippen LogP contribution in [0, 0.1) is 33.3 Å². The molecule has 0 N–H and O–H groups in total. The van der Waals surface area contributed by atoms with Crippen molar-refractivity contribution in [1.82, 2.24) is 0 Å². The maximum atomic E-state index is 7.50. The van der Waals surface area contributed by atoms with Crippen LogP contribution in [0.15, 0.2) is 12.2 Å². The van der Waals surface area contributed by atoms with Crippen LogP contribution < -0.4 is 0 Å². The van der Waals surface area contributed by atoms with Gasteiger partial charge in [-0.2, -0.15) is 0 Å². The van der Waals surface area contributed by atoms with Gasteiger partial charge < -0.3 is 0 Å². The third-order valence-electron chi connectivity index (χ3n) is 1.66. The molecule has 19 heavy (non-hydrogen) atoms. The van der Waals surface area contributed by atoms with Crippen molar-refractivity contribution in [2.75, 3.05) is 0 Å². The number of hydrogen-bond acceptors (Lipinski definition) is 0. The molecule has 0 fully saturated rings. The van der Waals surface area contributed by atoms with Crippen molar-refractivity contribution in [3.63, 3.8) is 0 Å². The molecule has 0 atom stereocenters. The second kappa shape index (κ2) is 89.1. The smallest absolute Gasteiger partial charge is 0 e. The SMILES string of the molecule is C1=C\CCCCCC/1.[C-]#[O+].[C-]#[O+].[C-]#[O+].[C-]#[O+].[C-]#[O+].[Cr]. The Morgan fingerprint density at radius 2 is 0.684 bits per heavy atom. The summed E-state index contributed by atoms with van der Waals surface area (Å²) < 4.78 is 37.5. The quantitative estimate of drug-likeness (QED) is 0.373. The van der Waals surface area contributed by atoms with Crippen LogP contribution >= 0.6 is 0 Å². The van der Waals surface area contributed by atoms with E-state index >= 15 is 0 Å². The molecule has 0 saturated heterocycles.